The summed E-state index contributed by atoms with van der Waals surface area (Å²) < 4.78 is 6.10. The summed E-state index contributed by atoms with van der Waals surface area (Å²) in [5, 5.41) is 8.10. The lowest BCUT2D eigenvalue weighted by Crippen LogP contribution is -2.31. The lowest BCUT2D eigenvalue weighted by atomic mass is 10.1. The standard InChI is InChI=1S/C22H23N3O4/c1-4-29-21(27)12-19-16-9-5-6-10-17(16)22(28)25(24-19)13-20(26)23-18-11-7-8-14(2)15(18)3/h5-11H,4,12-13H2,1-3H3,(H,23,26). The Morgan fingerprint density at radius 1 is 1.07 bits per heavy atom. The van der Waals surface area contributed by atoms with Crippen molar-refractivity contribution in [3.63, 3.8) is 0 Å². The Kier molecular flexibility index (Phi) is 6.07. The number of aryl methyl sites for hydroxylation is 1. The summed E-state index contributed by atoms with van der Waals surface area (Å²) >= 11 is 0. The van der Waals surface area contributed by atoms with E-state index in [1.807, 2.05) is 32.0 Å². The van der Waals surface area contributed by atoms with Gasteiger partial charge in [-0.2, -0.15) is 5.10 Å². The van der Waals surface area contributed by atoms with Crippen LogP contribution in [0.5, 0.6) is 0 Å². The van der Waals surface area contributed by atoms with Crippen LogP contribution in [0.15, 0.2) is 47.3 Å². The maximum absolute atomic E-state index is 12.8. The van der Waals surface area contributed by atoms with E-state index in [-0.39, 0.29) is 31.0 Å². The predicted octanol–water partition coefficient (Wildman–Crippen LogP) is 2.76. The molecule has 7 heteroatoms. The van der Waals surface area contributed by atoms with Gasteiger partial charge in [-0.15, -0.1) is 0 Å². The van der Waals surface area contributed by atoms with Gasteiger partial charge in [0.25, 0.3) is 5.56 Å². The molecular formula is C22H23N3O4. The molecule has 0 saturated heterocycles. The van der Waals surface area contributed by atoms with E-state index in [9.17, 15) is 14.4 Å². The van der Waals surface area contributed by atoms with Gasteiger partial charge in [0.2, 0.25) is 5.91 Å². The van der Waals surface area contributed by atoms with Crippen LogP contribution >= 0.6 is 0 Å². The van der Waals surface area contributed by atoms with E-state index in [0.29, 0.717) is 22.2 Å². The molecule has 0 saturated carbocycles. The number of amides is 1. The molecule has 1 heterocycles. The minimum atomic E-state index is -0.435. The third kappa shape index (κ3) is 4.51. The third-order valence-electron chi connectivity index (χ3n) is 4.73. The Balaban J connectivity index is 1.93. The van der Waals surface area contributed by atoms with Crippen molar-refractivity contribution >= 4 is 28.3 Å². The van der Waals surface area contributed by atoms with Crippen LogP contribution in [0.3, 0.4) is 0 Å². The number of nitrogens with one attached hydrogen (secondary N) is 1. The van der Waals surface area contributed by atoms with Crippen LogP contribution in [0.1, 0.15) is 23.7 Å². The summed E-state index contributed by atoms with van der Waals surface area (Å²) in [6.45, 7) is 5.61. The minimum absolute atomic E-state index is 0.0762. The molecular weight excluding hydrogens is 370 g/mol. The summed E-state index contributed by atoms with van der Waals surface area (Å²) in [6, 6.07) is 12.5. The van der Waals surface area contributed by atoms with Gasteiger partial charge in [-0.05, 0) is 44.0 Å². The van der Waals surface area contributed by atoms with Crippen molar-refractivity contribution in [1.82, 2.24) is 9.78 Å². The van der Waals surface area contributed by atoms with Crippen LogP contribution in [-0.4, -0.2) is 28.3 Å². The predicted molar refractivity (Wildman–Crippen MR) is 111 cm³/mol. The molecule has 150 valence electrons. The minimum Gasteiger partial charge on any atom is -0.466 e. The molecule has 0 atom stereocenters. The van der Waals surface area contributed by atoms with Gasteiger partial charge in [0.1, 0.15) is 6.54 Å². The molecule has 3 rings (SSSR count). The maximum Gasteiger partial charge on any atom is 0.311 e. The van der Waals surface area contributed by atoms with Crippen LogP contribution in [0.2, 0.25) is 0 Å². The number of carbonyl (C=O) groups excluding carboxylic acids is 2. The Morgan fingerprint density at radius 3 is 2.52 bits per heavy atom. The number of rotatable bonds is 6. The molecule has 0 fully saturated rings. The average Bonchev–Trinajstić information content (AvgIpc) is 2.69. The first-order chi connectivity index (χ1) is 13.9. The van der Waals surface area contributed by atoms with Crippen LogP contribution < -0.4 is 10.9 Å². The molecule has 3 aromatic rings. The molecule has 29 heavy (non-hydrogen) atoms. The highest BCUT2D eigenvalue weighted by Crippen LogP contribution is 2.18. The Hall–Kier alpha value is -3.48. The van der Waals surface area contributed by atoms with E-state index in [4.69, 9.17) is 4.74 Å². The van der Waals surface area contributed by atoms with Gasteiger partial charge in [0, 0.05) is 11.1 Å². The molecule has 0 aliphatic heterocycles. The second kappa shape index (κ2) is 8.68. The fourth-order valence-electron chi connectivity index (χ4n) is 3.10. The van der Waals surface area contributed by atoms with E-state index in [0.717, 1.165) is 15.8 Å². The fraction of sp³-hybridized carbons (Fsp3) is 0.273. The normalized spacial score (nSPS) is 10.7. The summed E-state index contributed by atoms with van der Waals surface area (Å²) in [4.78, 5) is 37.3. The van der Waals surface area contributed by atoms with Crippen LogP contribution in [0, 0.1) is 13.8 Å². The van der Waals surface area contributed by atoms with Crippen molar-refractivity contribution in [2.75, 3.05) is 11.9 Å². The molecule has 0 bridgehead atoms. The van der Waals surface area contributed by atoms with E-state index >= 15 is 0 Å². The van der Waals surface area contributed by atoms with Crippen molar-refractivity contribution < 1.29 is 14.3 Å². The highest BCUT2D eigenvalue weighted by Gasteiger charge is 2.16. The van der Waals surface area contributed by atoms with Gasteiger partial charge in [0.05, 0.1) is 24.1 Å². The molecule has 1 N–H and O–H groups in total. The van der Waals surface area contributed by atoms with E-state index in [2.05, 4.69) is 10.4 Å². The largest absolute Gasteiger partial charge is 0.466 e. The van der Waals surface area contributed by atoms with Crippen molar-refractivity contribution in [3.8, 4) is 0 Å². The number of hydrogen-bond donors (Lipinski definition) is 1. The zero-order valence-electron chi connectivity index (χ0n) is 16.7. The van der Waals surface area contributed by atoms with Crippen molar-refractivity contribution in [1.29, 1.82) is 0 Å². The van der Waals surface area contributed by atoms with Crippen LogP contribution in [0.25, 0.3) is 10.8 Å². The number of benzene rings is 2. The smallest absolute Gasteiger partial charge is 0.311 e. The second-order valence-electron chi connectivity index (χ2n) is 6.73. The first-order valence-corrected chi connectivity index (χ1v) is 9.41. The number of fused-ring (bicyclic) bond motifs is 1. The van der Waals surface area contributed by atoms with Gasteiger partial charge in [0.15, 0.2) is 0 Å². The number of anilines is 1. The monoisotopic (exact) mass is 393 g/mol. The van der Waals surface area contributed by atoms with Crippen molar-refractivity contribution in [3.05, 3.63) is 69.6 Å². The summed E-state index contributed by atoms with van der Waals surface area (Å²) in [5.74, 6) is -0.805. The molecule has 1 amide bonds. The average molecular weight is 393 g/mol. The molecule has 0 spiro atoms. The zero-order chi connectivity index (χ0) is 21.0. The molecule has 0 aliphatic rings. The SMILES string of the molecule is CCOC(=O)Cc1nn(CC(=O)Nc2cccc(C)c2C)c(=O)c2ccccc12. The Bertz CT molecular complexity index is 1130. The number of carbonyl (C=O) groups is 2. The number of esters is 1. The van der Waals surface area contributed by atoms with E-state index < -0.39 is 5.97 Å². The summed E-state index contributed by atoms with van der Waals surface area (Å²) in [6.07, 6.45) is -0.0762. The molecule has 0 aliphatic carbocycles. The summed E-state index contributed by atoms with van der Waals surface area (Å²) in [5.41, 5.74) is 2.72. The van der Waals surface area contributed by atoms with E-state index in [1.165, 1.54) is 0 Å². The van der Waals surface area contributed by atoms with Gasteiger partial charge in [-0.3, -0.25) is 14.4 Å². The number of hydrogen-bond acceptors (Lipinski definition) is 5. The summed E-state index contributed by atoms with van der Waals surface area (Å²) in [7, 11) is 0. The number of ether oxygens (including phenoxy) is 1. The highest BCUT2D eigenvalue weighted by molar-refractivity contribution is 5.92. The second-order valence-corrected chi connectivity index (χ2v) is 6.73. The van der Waals surface area contributed by atoms with Gasteiger partial charge >= 0.3 is 5.97 Å². The van der Waals surface area contributed by atoms with Crippen molar-refractivity contribution in [2.24, 2.45) is 0 Å². The Morgan fingerprint density at radius 2 is 1.79 bits per heavy atom. The number of aromatic nitrogens is 2. The quantitative estimate of drug-likeness (QED) is 0.651. The third-order valence-corrected chi connectivity index (χ3v) is 4.73. The molecule has 0 radical (unpaired) electrons. The zero-order valence-corrected chi connectivity index (χ0v) is 16.7. The van der Waals surface area contributed by atoms with Crippen molar-refractivity contribution in [2.45, 2.75) is 33.7 Å². The van der Waals surface area contributed by atoms with Crippen LogP contribution in [0.4, 0.5) is 5.69 Å². The molecule has 1 aromatic heterocycles. The van der Waals surface area contributed by atoms with Gasteiger partial charge in [-0.1, -0.05) is 30.3 Å². The first-order valence-electron chi connectivity index (χ1n) is 9.41. The lowest BCUT2D eigenvalue weighted by Gasteiger charge is -2.13. The maximum atomic E-state index is 12.8. The first kappa shape index (κ1) is 20.3. The Labute approximate surface area is 168 Å². The lowest BCUT2D eigenvalue weighted by molar-refractivity contribution is -0.142. The highest BCUT2D eigenvalue weighted by atomic mass is 16.5. The van der Waals surface area contributed by atoms with Gasteiger partial charge < -0.3 is 10.1 Å². The topological polar surface area (TPSA) is 90.3 Å². The molecule has 0 unspecified atom stereocenters. The van der Waals surface area contributed by atoms with Gasteiger partial charge in [-0.25, -0.2) is 4.68 Å². The number of nitrogens with zero attached hydrogens (tertiary/aromatic N) is 2. The van der Waals surface area contributed by atoms with E-state index in [1.54, 1.807) is 31.2 Å². The molecule has 2 aromatic carbocycles. The fourth-order valence-corrected chi connectivity index (χ4v) is 3.10. The molecule has 7 nitrogen and oxygen atoms in total. The van der Waals surface area contributed by atoms with Crippen LogP contribution in [-0.2, 0) is 27.3 Å².